The maximum atomic E-state index is 9.85. The summed E-state index contributed by atoms with van der Waals surface area (Å²) in [5, 5.41) is 14.6. The molecule has 0 aliphatic carbocycles. The van der Waals surface area contributed by atoms with Crippen molar-refractivity contribution in [3.8, 4) is 0 Å². The first kappa shape index (κ1) is 10.1. The van der Waals surface area contributed by atoms with Crippen LogP contribution in [0.4, 0.5) is 0 Å². The zero-order valence-electron chi connectivity index (χ0n) is 7.18. The number of thiophene rings is 1. The first-order valence-corrected chi connectivity index (χ1v) is 6.20. The Morgan fingerprint density at radius 3 is 2.86 bits per heavy atom. The van der Waals surface area contributed by atoms with Crippen LogP contribution in [0.3, 0.4) is 0 Å². The summed E-state index contributed by atoms with van der Waals surface area (Å²) >= 11 is 8.89. The van der Waals surface area contributed by atoms with Crippen LogP contribution < -0.4 is 0 Å². The summed E-state index contributed by atoms with van der Waals surface area (Å²) in [5.74, 6) is 0. The summed E-state index contributed by atoms with van der Waals surface area (Å²) in [5.41, 5.74) is 0.798. The molecule has 2 heterocycles. The number of thiazole rings is 1. The molecule has 0 saturated heterocycles. The fourth-order valence-electron chi connectivity index (χ4n) is 1.17. The molecule has 1 N–H and O–H groups in total. The predicted octanol–water partition coefficient (Wildman–Crippen LogP) is 3.13. The molecule has 5 heteroatoms. The van der Waals surface area contributed by atoms with Crippen molar-refractivity contribution in [3.63, 3.8) is 0 Å². The van der Waals surface area contributed by atoms with Gasteiger partial charge in [0.15, 0.2) is 0 Å². The maximum Gasteiger partial charge on any atom is 0.0986 e. The fourth-order valence-corrected chi connectivity index (χ4v) is 2.84. The van der Waals surface area contributed by atoms with Crippen molar-refractivity contribution in [3.05, 3.63) is 37.9 Å². The average molecular weight is 246 g/mol. The Hall–Kier alpha value is -0.420. The Balaban J connectivity index is 2.10. The van der Waals surface area contributed by atoms with Crippen molar-refractivity contribution in [2.75, 3.05) is 0 Å². The number of hydrogen-bond acceptors (Lipinski definition) is 4. The van der Waals surface area contributed by atoms with Gasteiger partial charge in [0.05, 0.1) is 15.4 Å². The van der Waals surface area contributed by atoms with E-state index in [0.717, 1.165) is 10.6 Å². The van der Waals surface area contributed by atoms with E-state index in [0.29, 0.717) is 10.8 Å². The second-order valence-corrected chi connectivity index (χ2v) is 5.29. The molecule has 14 heavy (non-hydrogen) atoms. The van der Waals surface area contributed by atoms with Gasteiger partial charge in [0.1, 0.15) is 0 Å². The molecule has 0 aliphatic rings. The number of halogens is 1. The first-order valence-electron chi connectivity index (χ1n) is 4.06. The van der Waals surface area contributed by atoms with Crippen LogP contribution in [-0.4, -0.2) is 10.1 Å². The molecule has 2 aromatic heterocycles. The number of hydrogen-bond donors (Lipinski definition) is 1. The highest BCUT2D eigenvalue weighted by Crippen LogP contribution is 2.30. The lowest BCUT2D eigenvalue weighted by atomic mass is 10.1. The Bertz CT molecular complexity index is 399. The SMILES string of the molecule is OC(Cc1nccs1)c1ccsc1Cl. The molecule has 0 spiro atoms. The van der Waals surface area contributed by atoms with Gasteiger partial charge in [-0.2, -0.15) is 0 Å². The van der Waals surface area contributed by atoms with E-state index in [1.54, 1.807) is 17.5 Å². The van der Waals surface area contributed by atoms with E-state index in [1.165, 1.54) is 11.3 Å². The van der Waals surface area contributed by atoms with Gasteiger partial charge in [0.25, 0.3) is 0 Å². The van der Waals surface area contributed by atoms with Crippen molar-refractivity contribution in [1.82, 2.24) is 4.98 Å². The van der Waals surface area contributed by atoms with Gasteiger partial charge < -0.3 is 5.11 Å². The van der Waals surface area contributed by atoms with Crippen molar-refractivity contribution in [2.24, 2.45) is 0 Å². The van der Waals surface area contributed by atoms with Gasteiger partial charge in [-0.1, -0.05) is 11.6 Å². The number of rotatable bonds is 3. The topological polar surface area (TPSA) is 33.1 Å². The highest BCUT2D eigenvalue weighted by molar-refractivity contribution is 7.14. The zero-order chi connectivity index (χ0) is 9.97. The molecule has 1 atom stereocenters. The molecule has 0 aliphatic heterocycles. The number of aromatic nitrogens is 1. The number of nitrogens with zero attached hydrogens (tertiary/aromatic N) is 1. The minimum Gasteiger partial charge on any atom is -0.388 e. The van der Waals surface area contributed by atoms with E-state index >= 15 is 0 Å². The predicted molar refractivity (Wildman–Crippen MR) is 60.1 cm³/mol. The maximum absolute atomic E-state index is 9.85. The van der Waals surface area contributed by atoms with E-state index in [-0.39, 0.29) is 0 Å². The molecular formula is C9H8ClNOS2. The summed E-state index contributed by atoms with van der Waals surface area (Å²) in [7, 11) is 0. The quantitative estimate of drug-likeness (QED) is 0.901. The highest BCUT2D eigenvalue weighted by Gasteiger charge is 2.14. The number of aliphatic hydroxyl groups is 1. The van der Waals surface area contributed by atoms with Crippen LogP contribution in [0.25, 0.3) is 0 Å². The molecule has 0 aromatic carbocycles. The van der Waals surface area contributed by atoms with Crippen LogP contribution in [0.2, 0.25) is 4.34 Å². The lowest BCUT2D eigenvalue weighted by Gasteiger charge is -2.06. The van der Waals surface area contributed by atoms with Crippen molar-refractivity contribution in [1.29, 1.82) is 0 Å². The summed E-state index contributed by atoms with van der Waals surface area (Å²) < 4.78 is 0.661. The van der Waals surface area contributed by atoms with Gasteiger partial charge >= 0.3 is 0 Å². The molecule has 0 fully saturated rings. The van der Waals surface area contributed by atoms with Crippen LogP contribution in [0, 0.1) is 0 Å². The van der Waals surface area contributed by atoms with Gasteiger partial charge in [-0.25, -0.2) is 4.98 Å². The van der Waals surface area contributed by atoms with Crippen LogP contribution in [0.5, 0.6) is 0 Å². The Morgan fingerprint density at radius 1 is 1.43 bits per heavy atom. The molecule has 0 radical (unpaired) electrons. The zero-order valence-corrected chi connectivity index (χ0v) is 9.57. The molecule has 2 nitrogen and oxygen atoms in total. The smallest absolute Gasteiger partial charge is 0.0986 e. The van der Waals surface area contributed by atoms with Gasteiger partial charge in [0, 0.05) is 23.6 Å². The summed E-state index contributed by atoms with van der Waals surface area (Å²) in [4.78, 5) is 4.11. The fraction of sp³-hybridized carbons (Fsp3) is 0.222. The summed E-state index contributed by atoms with van der Waals surface area (Å²) in [6, 6.07) is 1.85. The van der Waals surface area contributed by atoms with Gasteiger partial charge in [0.2, 0.25) is 0 Å². The van der Waals surface area contributed by atoms with Crippen LogP contribution in [0.1, 0.15) is 16.7 Å². The van der Waals surface area contributed by atoms with Gasteiger partial charge in [-0.3, -0.25) is 0 Å². The van der Waals surface area contributed by atoms with E-state index in [9.17, 15) is 5.11 Å². The second kappa shape index (κ2) is 4.40. The molecule has 0 saturated carbocycles. The lowest BCUT2D eigenvalue weighted by Crippen LogP contribution is -2.00. The third-order valence-corrected chi connectivity index (χ3v) is 3.86. The van der Waals surface area contributed by atoms with Crippen LogP contribution in [-0.2, 0) is 6.42 Å². The van der Waals surface area contributed by atoms with Crippen molar-refractivity contribution < 1.29 is 5.11 Å². The molecule has 0 bridgehead atoms. The Morgan fingerprint density at radius 2 is 2.29 bits per heavy atom. The summed E-state index contributed by atoms with van der Waals surface area (Å²) in [6.07, 6.45) is 1.73. The molecule has 2 rings (SSSR count). The Labute approximate surface area is 94.8 Å². The summed E-state index contributed by atoms with van der Waals surface area (Å²) in [6.45, 7) is 0. The Kier molecular flexibility index (Phi) is 3.18. The third-order valence-electron chi connectivity index (χ3n) is 1.86. The largest absolute Gasteiger partial charge is 0.388 e. The van der Waals surface area contributed by atoms with Crippen LogP contribution >= 0.6 is 34.3 Å². The van der Waals surface area contributed by atoms with Crippen LogP contribution in [0.15, 0.2) is 23.0 Å². The highest BCUT2D eigenvalue weighted by atomic mass is 35.5. The van der Waals surface area contributed by atoms with E-state index in [1.807, 2.05) is 16.8 Å². The van der Waals surface area contributed by atoms with Gasteiger partial charge in [-0.15, -0.1) is 22.7 Å². The molecule has 1 unspecified atom stereocenters. The standard InChI is InChI=1S/C9H8ClNOS2/c10-9-6(1-3-14-9)7(12)5-8-11-2-4-13-8/h1-4,7,12H,5H2. The lowest BCUT2D eigenvalue weighted by molar-refractivity contribution is 0.179. The van der Waals surface area contributed by atoms with Crippen molar-refractivity contribution in [2.45, 2.75) is 12.5 Å². The molecule has 0 amide bonds. The van der Waals surface area contributed by atoms with Gasteiger partial charge in [-0.05, 0) is 11.4 Å². The van der Waals surface area contributed by atoms with E-state index in [2.05, 4.69) is 4.98 Å². The minimum atomic E-state index is -0.542. The normalized spacial score (nSPS) is 13.0. The van der Waals surface area contributed by atoms with E-state index in [4.69, 9.17) is 11.6 Å². The van der Waals surface area contributed by atoms with Crippen molar-refractivity contribution >= 4 is 34.3 Å². The molecule has 74 valence electrons. The first-order chi connectivity index (χ1) is 6.77. The monoisotopic (exact) mass is 245 g/mol. The molecular weight excluding hydrogens is 238 g/mol. The average Bonchev–Trinajstić information content (AvgIpc) is 2.75. The third kappa shape index (κ3) is 2.15. The number of aliphatic hydroxyl groups excluding tert-OH is 1. The minimum absolute atomic E-state index is 0.536. The second-order valence-electron chi connectivity index (χ2n) is 2.80. The molecule has 2 aromatic rings. The van der Waals surface area contributed by atoms with E-state index < -0.39 is 6.10 Å².